The maximum absolute atomic E-state index is 4.80. The van der Waals surface area contributed by atoms with Gasteiger partial charge in [0.1, 0.15) is 10.0 Å². The topological polar surface area (TPSA) is 61.4 Å². The highest BCUT2D eigenvalue weighted by Crippen LogP contribution is 2.36. The fourth-order valence-corrected chi connectivity index (χ4v) is 5.19. The van der Waals surface area contributed by atoms with E-state index in [4.69, 9.17) is 9.97 Å². The minimum absolute atomic E-state index is 0.928. The Hall–Kier alpha value is -3.62. The number of thiazole rings is 2. The van der Waals surface area contributed by atoms with E-state index in [0.29, 0.717) is 0 Å². The zero-order valence-corrected chi connectivity index (χ0v) is 17.2. The highest BCUT2D eigenvalue weighted by molar-refractivity contribution is 7.29. The number of para-hydroxylation sites is 2. The smallest absolute Gasteiger partial charge is 0.155 e. The van der Waals surface area contributed by atoms with Crippen molar-refractivity contribution >= 4 is 32.3 Å². The molecule has 8 heteroatoms. The van der Waals surface area contributed by atoms with Crippen LogP contribution in [0.3, 0.4) is 0 Å². The van der Waals surface area contributed by atoms with Gasteiger partial charge in [-0.3, -0.25) is 0 Å². The number of hydrogen-bond donors (Lipinski definition) is 0. The molecule has 0 saturated heterocycles. The van der Waals surface area contributed by atoms with Crippen LogP contribution in [0.25, 0.3) is 42.2 Å². The molecular formula is C22H14N6S2. The molecule has 0 spiro atoms. The molecule has 4 heterocycles. The molecule has 0 N–H and O–H groups in total. The predicted molar refractivity (Wildman–Crippen MR) is 120 cm³/mol. The van der Waals surface area contributed by atoms with Crippen molar-refractivity contribution in [1.29, 1.82) is 0 Å². The Labute approximate surface area is 179 Å². The van der Waals surface area contributed by atoms with Gasteiger partial charge in [0.15, 0.2) is 9.66 Å². The lowest BCUT2D eigenvalue weighted by Crippen LogP contribution is -1.92. The summed E-state index contributed by atoms with van der Waals surface area (Å²) in [5.74, 6) is 0. The number of aromatic nitrogens is 6. The van der Waals surface area contributed by atoms with E-state index >= 15 is 0 Å². The Kier molecular flexibility index (Phi) is 4.03. The van der Waals surface area contributed by atoms with Gasteiger partial charge in [0, 0.05) is 23.5 Å². The summed E-state index contributed by atoms with van der Waals surface area (Å²) in [6.07, 6.45) is 7.70. The summed E-state index contributed by atoms with van der Waals surface area (Å²) in [5.41, 5.74) is 4.04. The first-order chi connectivity index (χ1) is 14.8. The van der Waals surface area contributed by atoms with Crippen LogP contribution in [-0.4, -0.2) is 29.5 Å². The van der Waals surface area contributed by atoms with E-state index in [9.17, 15) is 0 Å². The zero-order valence-electron chi connectivity index (χ0n) is 15.6. The van der Waals surface area contributed by atoms with Gasteiger partial charge in [0.2, 0.25) is 0 Å². The molecule has 0 aliphatic carbocycles. The zero-order chi connectivity index (χ0) is 19.9. The predicted octanol–water partition coefficient (Wildman–Crippen LogP) is 5.46. The molecule has 4 aromatic heterocycles. The largest absolute Gasteiger partial charge is 0.240 e. The van der Waals surface area contributed by atoms with Crippen LogP contribution in [0.15, 0.2) is 85.5 Å². The van der Waals surface area contributed by atoms with Crippen LogP contribution >= 0.6 is 22.7 Å². The minimum atomic E-state index is 0.928. The van der Waals surface area contributed by atoms with Gasteiger partial charge in [-0.1, -0.05) is 59.1 Å². The second-order valence-electron chi connectivity index (χ2n) is 6.67. The molecule has 0 saturated carbocycles. The Balaban J connectivity index is 1.30. The van der Waals surface area contributed by atoms with E-state index in [0.717, 1.165) is 42.2 Å². The average Bonchev–Trinajstić information content (AvgIpc) is 3.57. The van der Waals surface area contributed by atoms with Gasteiger partial charge < -0.3 is 0 Å². The van der Waals surface area contributed by atoms with E-state index in [-0.39, 0.29) is 0 Å². The lowest BCUT2D eigenvalue weighted by molar-refractivity contribution is 0.881. The molecule has 0 fully saturated rings. The lowest BCUT2D eigenvalue weighted by Gasteiger charge is -1.98. The van der Waals surface area contributed by atoms with Crippen molar-refractivity contribution in [3.63, 3.8) is 0 Å². The molecule has 0 aliphatic rings. The van der Waals surface area contributed by atoms with Gasteiger partial charge in [-0.2, -0.15) is 10.2 Å². The molecule has 144 valence electrons. The van der Waals surface area contributed by atoms with Crippen molar-refractivity contribution in [3.05, 3.63) is 85.5 Å². The third kappa shape index (κ3) is 3.02. The summed E-state index contributed by atoms with van der Waals surface area (Å²) in [6, 6.07) is 20.1. The normalized spacial score (nSPS) is 11.3. The van der Waals surface area contributed by atoms with Gasteiger partial charge in [-0.05, 0) is 24.3 Å². The molecular weight excluding hydrogens is 412 g/mol. The van der Waals surface area contributed by atoms with Crippen molar-refractivity contribution < 1.29 is 0 Å². The number of nitrogens with zero attached hydrogens (tertiary/aromatic N) is 6. The summed E-state index contributed by atoms with van der Waals surface area (Å²) in [7, 11) is 0. The van der Waals surface area contributed by atoms with Crippen molar-refractivity contribution in [3.8, 4) is 32.5 Å². The third-order valence-electron chi connectivity index (χ3n) is 4.68. The highest BCUT2D eigenvalue weighted by atomic mass is 32.1. The van der Waals surface area contributed by atoms with E-state index < -0.39 is 0 Å². The van der Waals surface area contributed by atoms with Gasteiger partial charge in [0.25, 0.3) is 0 Å². The van der Waals surface area contributed by atoms with Crippen molar-refractivity contribution in [2.45, 2.75) is 0 Å². The Morgan fingerprint density at radius 3 is 1.43 bits per heavy atom. The van der Waals surface area contributed by atoms with Gasteiger partial charge in [0.05, 0.1) is 23.8 Å². The molecule has 0 atom stereocenters. The lowest BCUT2D eigenvalue weighted by atomic mass is 10.3. The highest BCUT2D eigenvalue weighted by Gasteiger charge is 2.15. The monoisotopic (exact) mass is 426 g/mol. The van der Waals surface area contributed by atoms with Crippen LogP contribution in [0.5, 0.6) is 0 Å². The number of benzene rings is 2. The van der Waals surface area contributed by atoms with Crippen LogP contribution in [-0.2, 0) is 0 Å². The van der Waals surface area contributed by atoms with Crippen LogP contribution in [0.1, 0.15) is 0 Å². The van der Waals surface area contributed by atoms with Crippen molar-refractivity contribution in [1.82, 2.24) is 29.5 Å². The molecule has 6 nitrogen and oxygen atoms in total. The summed E-state index contributed by atoms with van der Waals surface area (Å²) < 4.78 is 3.73. The second kappa shape index (κ2) is 7.01. The first-order valence-electron chi connectivity index (χ1n) is 9.32. The fourth-order valence-electron chi connectivity index (χ4n) is 3.20. The maximum Gasteiger partial charge on any atom is 0.155 e. The summed E-state index contributed by atoms with van der Waals surface area (Å²) in [4.78, 5) is 11.5. The van der Waals surface area contributed by atoms with E-state index in [1.165, 1.54) is 0 Å². The minimum Gasteiger partial charge on any atom is -0.240 e. The first-order valence-corrected chi connectivity index (χ1v) is 10.9. The van der Waals surface area contributed by atoms with Crippen LogP contribution < -0.4 is 0 Å². The Morgan fingerprint density at radius 2 is 1.00 bits per heavy atom. The molecule has 6 aromatic rings. The molecule has 2 aromatic carbocycles. The fraction of sp³-hybridized carbons (Fsp3) is 0. The van der Waals surface area contributed by atoms with Crippen molar-refractivity contribution in [2.75, 3.05) is 0 Å². The molecule has 0 unspecified atom stereocenters. The standard InChI is InChI=1S/C22H14N6S2/c1-3-7-17(8-4-1)27-13-15(11-23-27)19-25-21-22(29-19)26-20(30-21)16-12-24-28(14-16)18-9-5-2-6-10-18/h1-14H. The van der Waals surface area contributed by atoms with Crippen LogP contribution in [0, 0.1) is 0 Å². The average molecular weight is 427 g/mol. The quantitative estimate of drug-likeness (QED) is 0.376. The van der Waals surface area contributed by atoms with E-state index in [1.807, 2.05) is 94.8 Å². The number of hydrogen-bond acceptors (Lipinski definition) is 6. The molecule has 30 heavy (non-hydrogen) atoms. The molecule has 0 bridgehead atoms. The van der Waals surface area contributed by atoms with Gasteiger partial charge in [-0.15, -0.1) is 0 Å². The van der Waals surface area contributed by atoms with E-state index in [2.05, 4.69) is 10.2 Å². The molecule has 0 amide bonds. The number of fused-ring (bicyclic) bond motifs is 1. The second-order valence-corrected chi connectivity index (χ2v) is 8.62. The van der Waals surface area contributed by atoms with Crippen LogP contribution in [0.2, 0.25) is 0 Å². The third-order valence-corrected chi connectivity index (χ3v) is 6.80. The SMILES string of the molecule is c1ccc(-n2cc(-c3nc4sc(-c5cnn(-c6ccccc6)c5)nc4s3)cn2)cc1. The summed E-state index contributed by atoms with van der Waals surface area (Å²) in [5, 5.41) is 10.8. The maximum atomic E-state index is 4.80. The Morgan fingerprint density at radius 1 is 0.567 bits per heavy atom. The van der Waals surface area contributed by atoms with Crippen molar-refractivity contribution in [2.24, 2.45) is 0 Å². The number of rotatable bonds is 4. The van der Waals surface area contributed by atoms with E-state index in [1.54, 1.807) is 22.7 Å². The first kappa shape index (κ1) is 17.3. The summed E-state index contributed by atoms with van der Waals surface area (Å²) in [6.45, 7) is 0. The van der Waals surface area contributed by atoms with Crippen LogP contribution in [0.4, 0.5) is 0 Å². The summed E-state index contributed by atoms with van der Waals surface area (Å²) >= 11 is 3.17. The Bertz CT molecular complexity index is 1300. The molecule has 0 radical (unpaired) electrons. The molecule has 6 rings (SSSR count). The molecule has 0 aliphatic heterocycles. The van der Waals surface area contributed by atoms with Gasteiger partial charge in [-0.25, -0.2) is 19.3 Å². The van der Waals surface area contributed by atoms with Gasteiger partial charge >= 0.3 is 0 Å².